The molecular formula is C25H37Cl. The summed E-state index contributed by atoms with van der Waals surface area (Å²) in [6.07, 6.45) is 20.7. The molecule has 3 aliphatic carbocycles. The third kappa shape index (κ3) is 3.73. The molecule has 3 saturated carbocycles. The molecule has 0 N–H and O–H groups in total. The lowest BCUT2D eigenvalue weighted by atomic mass is 9.64. The third-order valence-corrected chi connectivity index (χ3v) is 8.64. The first-order valence-corrected chi connectivity index (χ1v) is 12.0. The Labute approximate surface area is 166 Å². The fourth-order valence-electron chi connectivity index (χ4n) is 6.43. The zero-order valence-electron chi connectivity index (χ0n) is 16.5. The van der Waals surface area contributed by atoms with Crippen LogP contribution in [0.3, 0.4) is 0 Å². The molecule has 1 aromatic rings. The SMILES string of the molecule is ClC(c1ccccc1C1CCCCC1)(C1CCCCC1)C1CCCCC1. The molecule has 144 valence electrons. The highest BCUT2D eigenvalue weighted by Crippen LogP contribution is 2.55. The fourth-order valence-corrected chi connectivity index (χ4v) is 7.04. The second-order valence-electron chi connectivity index (χ2n) is 9.36. The maximum absolute atomic E-state index is 7.85. The molecule has 0 spiro atoms. The Bertz CT molecular complexity index is 541. The van der Waals surface area contributed by atoms with Crippen LogP contribution in [0.15, 0.2) is 24.3 Å². The highest BCUT2D eigenvalue weighted by atomic mass is 35.5. The predicted molar refractivity (Wildman–Crippen MR) is 113 cm³/mol. The molecule has 1 aromatic carbocycles. The molecule has 26 heavy (non-hydrogen) atoms. The molecule has 3 fully saturated rings. The smallest absolute Gasteiger partial charge is 0.0753 e. The molecule has 0 unspecified atom stereocenters. The van der Waals surface area contributed by atoms with Gasteiger partial charge in [0.2, 0.25) is 0 Å². The summed E-state index contributed by atoms with van der Waals surface area (Å²) >= 11 is 7.85. The number of hydrogen-bond acceptors (Lipinski definition) is 0. The van der Waals surface area contributed by atoms with Crippen LogP contribution in [0, 0.1) is 11.8 Å². The Balaban J connectivity index is 1.73. The molecule has 0 atom stereocenters. The highest BCUT2D eigenvalue weighted by Gasteiger charge is 2.47. The molecule has 0 saturated heterocycles. The second-order valence-corrected chi connectivity index (χ2v) is 9.99. The molecule has 0 heterocycles. The van der Waals surface area contributed by atoms with Crippen molar-refractivity contribution >= 4 is 11.6 Å². The van der Waals surface area contributed by atoms with Crippen molar-refractivity contribution in [3.63, 3.8) is 0 Å². The van der Waals surface area contributed by atoms with Crippen LogP contribution in [-0.2, 0) is 4.87 Å². The summed E-state index contributed by atoms with van der Waals surface area (Å²) in [4.78, 5) is -0.102. The van der Waals surface area contributed by atoms with E-state index >= 15 is 0 Å². The summed E-state index contributed by atoms with van der Waals surface area (Å²) in [7, 11) is 0. The predicted octanol–water partition coefficient (Wildman–Crippen LogP) is 8.33. The van der Waals surface area contributed by atoms with Crippen LogP contribution in [0.4, 0.5) is 0 Å². The molecule has 0 bridgehead atoms. The van der Waals surface area contributed by atoms with Gasteiger partial charge in [-0.15, -0.1) is 11.6 Å². The van der Waals surface area contributed by atoms with Crippen molar-refractivity contribution in [1.82, 2.24) is 0 Å². The topological polar surface area (TPSA) is 0 Å². The van der Waals surface area contributed by atoms with Gasteiger partial charge in [-0.1, -0.05) is 82.1 Å². The molecule has 0 radical (unpaired) electrons. The largest absolute Gasteiger partial charge is 0.113 e. The van der Waals surface area contributed by atoms with Crippen molar-refractivity contribution in [3.05, 3.63) is 35.4 Å². The molecule has 1 heteroatoms. The second kappa shape index (κ2) is 8.68. The third-order valence-electron chi connectivity index (χ3n) is 7.82. The van der Waals surface area contributed by atoms with Crippen LogP contribution in [0.2, 0.25) is 0 Å². The van der Waals surface area contributed by atoms with Gasteiger partial charge in [-0.05, 0) is 67.4 Å². The highest BCUT2D eigenvalue weighted by molar-refractivity contribution is 6.24. The van der Waals surface area contributed by atoms with Crippen LogP contribution in [0.1, 0.15) is 113 Å². The first-order valence-electron chi connectivity index (χ1n) is 11.6. The Morgan fingerprint density at radius 2 is 1.08 bits per heavy atom. The van der Waals surface area contributed by atoms with E-state index in [1.54, 1.807) is 11.1 Å². The van der Waals surface area contributed by atoms with Gasteiger partial charge in [0, 0.05) is 0 Å². The van der Waals surface area contributed by atoms with E-state index in [2.05, 4.69) is 24.3 Å². The number of alkyl halides is 1. The molecular weight excluding hydrogens is 336 g/mol. The van der Waals surface area contributed by atoms with E-state index in [9.17, 15) is 0 Å². The minimum atomic E-state index is -0.102. The Hall–Kier alpha value is -0.490. The van der Waals surface area contributed by atoms with Gasteiger partial charge >= 0.3 is 0 Å². The summed E-state index contributed by atoms with van der Waals surface area (Å²) in [5.74, 6) is 2.13. The van der Waals surface area contributed by atoms with E-state index in [1.165, 1.54) is 96.3 Å². The van der Waals surface area contributed by atoms with Crippen molar-refractivity contribution in [2.75, 3.05) is 0 Å². The van der Waals surface area contributed by atoms with E-state index in [1.807, 2.05) is 0 Å². The number of rotatable bonds is 4. The summed E-state index contributed by atoms with van der Waals surface area (Å²) in [5, 5.41) is 0. The van der Waals surface area contributed by atoms with Gasteiger partial charge in [-0.25, -0.2) is 0 Å². The molecule has 0 aromatic heterocycles. The van der Waals surface area contributed by atoms with Crippen molar-refractivity contribution in [1.29, 1.82) is 0 Å². The molecule has 3 aliphatic rings. The minimum absolute atomic E-state index is 0.102. The standard InChI is InChI=1S/C25H37Cl/c26-25(21-14-6-2-7-15-21,22-16-8-3-9-17-22)24-19-11-10-18-23(24)20-12-4-1-5-13-20/h10-11,18-22H,1-9,12-17H2. The maximum atomic E-state index is 7.85. The Morgan fingerprint density at radius 1 is 0.615 bits per heavy atom. The van der Waals surface area contributed by atoms with Crippen LogP contribution >= 0.6 is 11.6 Å². The van der Waals surface area contributed by atoms with Gasteiger partial charge in [0.1, 0.15) is 0 Å². The lowest BCUT2D eigenvalue weighted by Gasteiger charge is -2.47. The molecule has 0 amide bonds. The van der Waals surface area contributed by atoms with E-state index < -0.39 is 0 Å². The number of benzene rings is 1. The van der Waals surface area contributed by atoms with Gasteiger partial charge in [-0.3, -0.25) is 0 Å². The number of halogens is 1. The number of hydrogen-bond donors (Lipinski definition) is 0. The zero-order chi connectivity index (χ0) is 17.8. The van der Waals surface area contributed by atoms with E-state index in [4.69, 9.17) is 11.6 Å². The summed E-state index contributed by atoms with van der Waals surface area (Å²) in [6, 6.07) is 9.41. The lowest BCUT2D eigenvalue weighted by molar-refractivity contribution is 0.167. The normalized spacial score (nSPS) is 24.7. The quantitative estimate of drug-likeness (QED) is 0.466. The minimum Gasteiger partial charge on any atom is -0.113 e. The van der Waals surface area contributed by atoms with E-state index in [-0.39, 0.29) is 4.87 Å². The first kappa shape index (κ1) is 18.9. The van der Waals surface area contributed by atoms with Crippen LogP contribution in [0.5, 0.6) is 0 Å². The average molecular weight is 373 g/mol. The maximum Gasteiger partial charge on any atom is 0.0753 e. The molecule has 0 nitrogen and oxygen atoms in total. The van der Waals surface area contributed by atoms with Crippen LogP contribution in [-0.4, -0.2) is 0 Å². The summed E-state index contributed by atoms with van der Waals surface area (Å²) in [6.45, 7) is 0. The lowest BCUT2D eigenvalue weighted by Crippen LogP contribution is -2.40. The first-order chi connectivity index (χ1) is 12.8. The molecule has 0 aliphatic heterocycles. The zero-order valence-corrected chi connectivity index (χ0v) is 17.3. The van der Waals surface area contributed by atoms with Crippen molar-refractivity contribution in [3.8, 4) is 0 Å². The monoisotopic (exact) mass is 372 g/mol. The fraction of sp³-hybridized carbons (Fsp3) is 0.760. The van der Waals surface area contributed by atoms with Crippen molar-refractivity contribution in [2.45, 2.75) is 107 Å². The Morgan fingerprint density at radius 3 is 1.62 bits per heavy atom. The van der Waals surface area contributed by atoms with Gasteiger partial charge in [0.05, 0.1) is 4.87 Å². The van der Waals surface area contributed by atoms with Gasteiger partial charge in [-0.2, -0.15) is 0 Å². The van der Waals surface area contributed by atoms with E-state index in [0.29, 0.717) is 11.8 Å². The van der Waals surface area contributed by atoms with Crippen LogP contribution < -0.4 is 0 Å². The summed E-state index contributed by atoms with van der Waals surface area (Å²) in [5.41, 5.74) is 3.17. The van der Waals surface area contributed by atoms with Crippen molar-refractivity contribution < 1.29 is 0 Å². The average Bonchev–Trinajstić information content (AvgIpc) is 2.75. The van der Waals surface area contributed by atoms with Crippen molar-refractivity contribution in [2.24, 2.45) is 11.8 Å². The van der Waals surface area contributed by atoms with Gasteiger partial charge in [0.15, 0.2) is 0 Å². The molecule has 4 rings (SSSR count). The van der Waals surface area contributed by atoms with E-state index in [0.717, 1.165) is 5.92 Å². The van der Waals surface area contributed by atoms with Gasteiger partial charge in [0.25, 0.3) is 0 Å². The van der Waals surface area contributed by atoms with Gasteiger partial charge < -0.3 is 0 Å². The Kier molecular flexibility index (Phi) is 6.29. The summed E-state index contributed by atoms with van der Waals surface area (Å²) < 4.78 is 0. The van der Waals surface area contributed by atoms with Crippen LogP contribution in [0.25, 0.3) is 0 Å².